The molecular weight excluding hydrogens is 515 g/mol. The molecule has 1 atom stereocenters. The van der Waals surface area contributed by atoms with E-state index in [1.807, 2.05) is 0 Å². The summed E-state index contributed by atoms with van der Waals surface area (Å²) >= 11 is 0. The van der Waals surface area contributed by atoms with Gasteiger partial charge in [0.25, 0.3) is 11.8 Å². The Labute approximate surface area is 222 Å². The molecule has 5 rings (SSSR count). The Balaban J connectivity index is 1.38. The summed E-state index contributed by atoms with van der Waals surface area (Å²) in [5.74, 6) is -0.147. The van der Waals surface area contributed by atoms with E-state index in [1.165, 1.54) is 12.1 Å². The van der Waals surface area contributed by atoms with Crippen LogP contribution in [0.1, 0.15) is 40.9 Å². The van der Waals surface area contributed by atoms with E-state index in [9.17, 15) is 22.8 Å². The molecule has 2 aliphatic rings. The van der Waals surface area contributed by atoms with Crippen LogP contribution in [0.4, 0.5) is 13.2 Å². The number of likely N-dealkylation sites (tertiary alicyclic amines) is 1. The lowest BCUT2D eigenvalue weighted by Crippen LogP contribution is -2.28. The maximum absolute atomic E-state index is 13.4. The summed E-state index contributed by atoms with van der Waals surface area (Å²) in [5, 5.41) is 2.66. The number of carbonyl (C=O) groups excluding carboxylic acids is 2. The molecule has 0 bridgehead atoms. The molecule has 0 unspecified atom stereocenters. The molecule has 3 heterocycles. The van der Waals surface area contributed by atoms with Gasteiger partial charge in [0.1, 0.15) is 17.2 Å². The van der Waals surface area contributed by atoms with E-state index in [1.54, 1.807) is 24.3 Å². The molecule has 2 aliphatic heterocycles. The standard InChI is InChI=1S/C27H26F3N5O4/c28-27(29,30)18-5-8-21(17(13-18)15-35-11-1-2-12-35)38-19-6-3-16(4-7-19)25-33-20(24(31)36)14-23(34-25)39-22-9-10-32-26(22)37/h3-8,13-14,22H,1-2,9-12,15H2,(H2,31,36)(H,32,37)/t22-/m0/s1. The highest BCUT2D eigenvalue weighted by atomic mass is 19.4. The monoisotopic (exact) mass is 541 g/mol. The van der Waals surface area contributed by atoms with Crippen molar-refractivity contribution in [2.45, 2.75) is 38.1 Å². The largest absolute Gasteiger partial charge is 0.464 e. The predicted molar refractivity (Wildman–Crippen MR) is 134 cm³/mol. The van der Waals surface area contributed by atoms with Crippen molar-refractivity contribution in [1.82, 2.24) is 20.2 Å². The number of amides is 2. The van der Waals surface area contributed by atoms with Gasteiger partial charge in [-0.2, -0.15) is 18.2 Å². The van der Waals surface area contributed by atoms with Crippen LogP contribution in [0.15, 0.2) is 48.5 Å². The van der Waals surface area contributed by atoms with E-state index >= 15 is 0 Å². The van der Waals surface area contributed by atoms with Crippen molar-refractivity contribution in [1.29, 1.82) is 0 Å². The average Bonchev–Trinajstić information content (AvgIpc) is 3.56. The number of halogens is 3. The Morgan fingerprint density at radius 1 is 1.08 bits per heavy atom. The summed E-state index contributed by atoms with van der Waals surface area (Å²) in [6.45, 7) is 2.48. The van der Waals surface area contributed by atoms with Gasteiger partial charge in [-0.15, -0.1) is 0 Å². The van der Waals surface area contributed by atoms with Gasteiger partial charge in [-0.05, 0) is 68.4 Å². The molecule has 9 nitrogen and oxygen atoms in total. The Morgan fingerprint density at radius 2 is 1.82 bits per heavy atom. The first-order chi connectivity index (χ1) is 18.7. The predicted octanol–water partition coefficient (Wildman–Crippen LogP) is 3.92. The van der Waals surface area contributed by atoms with E-state index in [4.69, 9.17) is 15.2 Å². The normalized spacial score (nSPS) is 17.7. The molecular formula is C27H26F3N5O4. The van der Waals surface area contributed by atoms with E-state index in [-0.39, 0.29) is 23.3 Å². The quantitative estimate of drug-likeness (QED) is 0.444. The van der Waals surface area contributed by atoms with Crippen molar-refractivity contribution in [3.63, 3.8) is 0 Å². The Morgan fingerprint density at radius 3 is 2.46 bits per heavy atom. The summed E-state index contributed by atoms with van der Waals surface area (Å²) in [5.41, 5.74) is 5.59. The number of primary amides is 1. The van der Waals surface area contributed by atoms with E-state index < -0.39 is 23.8 Å². The van der Waals surface area contributed by atoms with Crippen LogP contribution in [0.2, 0.25) is 0 Å². The lowest BCUT2D eigenvalue weighted by Gasteiger charge is -2.19. The summed E-state index contributed by atoms with van der Waals surface area (Å²) in [6, 6.07) is 11.3. The molecule has 0 spiro atoms. The maximum Gasteiger partial charge on any atom is 0.416 e. The van der Waals surface area contributed by atoms with Gasteiger partial charge in [-0.1, -0.05) is 0 Å². The molecule has 3 N–H and O–H groups in total. The molecule has 2 aromatic carbocycles. The molecule has 2 amide bonds. The van der Waals surface area contributed by atoms with Crippen molar-refractivity contribution >= 4 is 11.8 Å². The highest BCUT2D eigenvalue weighted by Gasteiger charge is 2.32. The van der Waals surface area contributed by atoms with Gasteiger partial charge in [0.05, 0.1) is 5.56 Å². The third-order valence-electron chi connectivity index (χ3n) is 6.54. The van der Waals surface area contributed by atoms with Crippen LogP contribution < -0.4 is 20.5 Å². The zero-order valence-electron chi connectivity index (χ0n) is 20.8. The van der Waals surface area contributed by atoms with Crippen molar-refractivity contribution in [2.24, 2.45) is 5.73 Å². The van der Waals surface area contributed by atoms with E-state index in [0.29, 0.717) is 42.1 Å². The van der Waals surface area contributed by atoms with Crippen molar-refractivity contribution < 1.29 is 32.2 Å². The molecule has 12 heteroatoms. The van der Waals surface area contributed by atoms with Gasteiger partial charge in [-0.3, -0.25) is 14.5 Å². The fourth-order valence-corrected chi connectivity index (χ4v) is 4.53. The Hall–Kier alpha value is -4.19. The SMILES string of the molecule is NC(=O)c1cc(O[C@H]2CCNC2=O)nc(-c2ccc(Oc3ccc(C(F)(F)F)cc3CN3CCCC3)cc2)n1. The minimum absolute atomic E-state index is 0.0347. The smallest absolute Gasteiger partial charge is 0.416 e. The summed E-state index contributed by atoms with van der Waals surface area (Å²) in [4.78, 5) is 34.3. The number of benzene rings is 2. The number of nitrogens with two attached hydrogens (primary N) is 1. The third-order valence-corrected chi connectivity index (χ3v) is 6.54. The Kier molecular flexibility index (Phi) is 7.38. The third kappa shape index (κ3) is 6.28. The first kappa shape index (κ1) is 26.4. The second-order valence-corrected chi connectivity index (χ2v) is 9.40. The zero-order chi connectivity index (χ0) is 27.6. The molecule has 0 aliphatic carbocycles. The first-order valence-electron chi connectivity index (χ1n) is 12.5. The highest BCUT2D eigenvalue weighted by Crippen LogP contribution is 2.35. The second-order valence-electron chi connectivity index (χ2n) is 9.40. The maximum atomic E-state index is 13.4. The first-order valence-corrected chi connectivity index (χ1v) is 12.5. The lowest BCUT2D eigenvalue weighted by molar-refractivity contribution is -0.137. The van der Waals surface area contributed by atoms with Crippen LogP contribution in [-0.2, 0) is 17.5 Å². The average molecular weight is 542 g/mol. The van der Waals surface area contributed by atoms with Gasteiger partial charge in [0, 0.05) is 36.7 Å². The van der Waals surface area contributed by atoms with Crippen molar-refractivity contribution in [3.8, 4) is 28.8 Å². The minimum atomic E-state index is -4.45. The van der Waals surface area contributed by atoms with Gasteiger partial charge in [0.15, 0.2) is 11.9 Å². The van der Waals surface area contributed by atoms with Gasteiger partial charge in [0.2, 0.25) is 5.88 Å². The number of alkyl halides is 3. The molecule has 3 aromatic rings. The molecule has 0 radical (unpaired) electrons. The zero-order valence-corrected chi connectivity index (χ0v) is 20.8. The molecule has 2 saturated heterocycles. The van der Waals surface area contributed by atoms with Crippen molar-refractivity contribution in [3.05, 3.63) is 65.4 Å². The number of rotatable bonds is 8. The molecule has 1 aromatic heterocycles. The van der Waals surface area contributed by atoms with Crippen LogP contribution in [0.5, 0.6) is 17.4 Å². The van der Waals surface area contributed by atoms with Gasteiger partial charge < -0.3 is 20.5 Å². The molecule has 204 valence electrons. The number of nitrogens with one attached hydrogen (secondary N) is 1. The van der Waals surface area contributed by atoms with Crippen LogP contribution in [-0.4, -0.2) is 52.4 Å². The topological polar surface area (TPSA) is 120 Å². The summed E-state index contributed by atoms with van der Waals surface area (Å²) in [6.07, 6.45) is -2.71. The fraction of sp³-hybridized carbons (Fsp3) is 0.333. The highest BCUT2D eigenvalue weighted by molar-refractivity contribution is 5.91. The van der Waals surface area contributed by atoms with Gasteiger partial charge in [-0.25, -0.2) is 4.98 Å². The van der Waals surface area contributed by atoms with Crippen molar-refractivity contribution in [2.75, 3.05) is 19.6 Å². The number of nitrogens with zero attached hydrogens (tertiary/aromatic N) is 3. The number of carbonyl (C=O) groups is 2. The number of aromatic nitrogens is 2. The van der Waals surface area contributed by atoms with E-state index in [0.717, 1.165) is 38.1 Å². The number of ether oxygens (including phenoxy) is 2. The number of hydrogen-bond acceptors (Lipinski definition) is 7. The lowest BCUT2D eigenvalue weighted by atomic mass is 10.1. The molecule has 0 saturated carbocycles. The van der Waals surface area contributed by atoms with Gasteiger partial charge >= 0.3 is 6.18 Å². The van der Waals surface area contributed by atoms with Crippen LogP contribution in [0.25, 0.3) is 11.4 Å². The summed E-state index contributed by atoms with van der Waals surface area (Å²) in [7, 11) is 0. The fourth-order valence-electron chi connectivity index (χ4n) is 4.53. The second kappa shape index (κ2) is 10.9. The Bertz CT molecular complexity index is 1370. The van der Waals surface area contributed by atoms with E-state index in [2.05, 4.69) is 20.2 Å². The molecule has 2 fully saturated rings. The van der Waals surface area contributed by atoms with Crippen LogP contribution in [0, 0.1) is 0 Å². The number of hydrogen-bond donors (Lipinski definition) is 2. The summed E-state index contributed by atoms with van der Waals surface area (Å²) < 4.78 is 51.7. The molecule has 39 heavy (non-hydrogen) atoms. The van der Waals surface area contributed by atoms with Crippen LogP contribution >= 0.6 is 0 Å². The minimum Gasteiger partial charge on any atom is -0.464 e. The van der Waals surface area contributed by atoms with Crippen LogP contribution in [0.3, 0.4) is 0 Å².